The molecule has 1 aromatic heterocycles. The Balaban J connectivity index is 1.89. The summed E-state index contributed by atoms with van der Waals surface area (Å²) in [5.74, 6) is 0. The lowest BCUT2D eigenvalue weighted by Crippen LogP contribution is -2.05. The van der Waals surface area contributed by atoms with Gasteiger partial charge in [-0.25, -0.2) is 0 Å². The van der Waals surface area contributed by atoms with E-state index in [-0.39, 0.29) is 0 Å². The second-order valence-electron chi connectivity index (χ2n) is 7.14. The predicted molar refractivity (Wildman–Crippen MR) is 123 cm³/mol. The number of aromatic nitrogens is 2. The average Bonchev–Trinajstić information content (AvgIpc) is 3.00. The van der Waals surface area contributed by atoms with Crippen molar-refractivity contribution in [3.8, 4) is 22.5 Å². The first-order valence-electron chi connectivity index (χ1n) is 9.26. The summed E-state index contributed by atoms with van der Waals surface area (Å²) >= 11 is 19.4. The highest BCUT2D eigenvalue weighted by Gasteiger charge is 2.20. The maximum absolute atomic E-state index is 6.90. The minimum absolute atomic E-state index is 0.491. The fourth-order valence-corrected chi connectivity index (χ4v) is 4.23. The Morgan fingerprint density at radius 3 is 2.10 bits per heavy atom. The maximum atomic E-state index is 6.90. The molecule has 0 bridgehead atoms. The van der Waals surface area contributed by atoms with E-state index in [1.807, 2.05) is 35.0 Å². The van der Waals surface area contributed by atoms with Crippen LogP contribution in [0.2, 0.25) is 15.1 Å². The number of hydrogen-bond acceptors (Lipinski definition) is 1. The molecule has 0 fully saturated rings. The minimum atomic E-state index is 0.491. The molecule has 146 valence electrons. The summed E-state index contributed by atoms with van der Waals surface area (Å²) < 4.78 is 1.92. The monoisotopic (exact) mass is 440 g/mol. The third-order valence-electron chi connectivity index (χ3n) is 4.81. The Hall–Kier alpha value is -2.26. The summed E-state index contributed by atoms with van der Waals surface area (Å²) in [5, 5.41) is 6.73. The number of halogens is 3. The first-order valence-corrected chi connectivity index (χ1v) is 10.4. The van der Waals surface area contributed by atoms with Gasteiger partial charge in [0.05, 0.1) is 17.3 Å². The molecular formula is C24H19Cl3N2. The van der Waals surface area contributed by atoms with Crippen LogP contribution >= 0.6 is 34.8 Å². The SMILES string of the molecule is Cc1cccc(-c2nn(Cc3ccc(Cl)cc3Cl)c(-c3cccc(C)c3)c2Cl)c1. The summed E-state index contributed by atoms with van der Waals surface area (Å²) in [6.07, 6.45) is 0. The van der Waals surface area contributed by atoms with Crippen molar-refractivity contribution in [1.82, 2.24) is 9.78 Å². The van der Waals surface area contributed by atoms with E-state index in [0.717, 1.165) is 39.2 Å². The van der Waals surface area contributed by atoms with Crippen LogP contribution < -0.4 is 0 Å². The van der Waals surface area contributed by atoms with Crippen LogP contribution in [0.4, 0.5) is 0 Å². The van der Waals surface area contributed by atoms with Crippen LogP contribution in [0.3, 0.4) is 0 Å². The summed E-state index contributed by atoms with van der Waals surface area (Å²) in [4.78, 5) is 0. The second-order valence-corrected chi connectivity index (χ2v) is 8.37. The van der Waals surface area contributed by atoms with Gasteiger partial charge in [0, 0.05) is 21.2 Å². The average molecular weight is 442 g/mol. The highest BCUT2D eigenvalue weighted by Crippen LogP contribution is 2.37. The Morgan fingerprint density at radius 2 is 1.45 bits per heavy atom. The zero-order valence-electron chi connectivity index (χ0n) is 16.1. The highest BCUT2D eigenvalue weighted by atomic mass is 35.5. The van der Waals surface area contributed by atoms with Crippen LogP contribution in [0.15, 0.2) is 66.7 Å². The molecule has 4 aromatic rings. The van der Waals surface area contributed by atoms with Crippen molar-refractivity contribution in [2.45, 2.75) is 20.4 Å². The molecule has 29 heavy (non-hydrogen) atoms. The number of aryl methyl sites for hydroxylation is 2. The van der Waals surface area contributed by atoms with E-state index in [4.69, 9.17) is 39.9 Å². The first kappa shape index (κ1) is 20.0. The Kier molecular flexibility index (Phi) is 5.69. The third-order valence-corrected chi connectivity index (χ3v) is 5.76. The highest BCUT2D eigenvalue weighted by molar-refractivity contribution is 6.36. The molecule has 0 radical (unpaired) electrons. The van der Waals surface area contributed by atoms with Crippen LogP contribution in [-0.4, -0.2) is 9.78 Å². The van der Waals surface area contributed by atoms with Crippen LogP contribution in [0.25, 0.3) is 22.5 Å². The molecule has 0 amide bonds. The summed E-state index contributed by atoms with van der Waals surface area (Å²) in [6.45, 7) is 4.61. The molecule has 5 heteroatoms. The van der Waals surface area contributed by atoms with Crippen LogP contribution in [0, 0.1) is 13.8 Å². The molecule has 1 heterocycles. The van der Waals surface area contributed by atoms with E-state index in [1.54, 1.807) is 6.07 Å². The van der Waals surface area contributed by atoms with E-state index < -0.39 is 0 Å². The number of hydrogen-bond donors (Lipinski definition) is 0. The topological polar surface area (TPSA) is 17.8 Å². The zero-order chi connectivity index (χ0) is 20.5. The maximum Gasteiger partial charge on any atom is 0.112 e. The molecular weight excluding hydrogens is 423 g/mol. The van der Waals surface area contributed by atoms with E-state index in [2.05, 4.69) is 44.2 Å². The quantitative estimate of drug-likeness (QED) is 0.315. The van der Waals surface area contributed by atoms with Crippen molar-refractivity contribution in [2.24, 2.45) is 0 Å². The predicted octanol–water partition coefficient (Wildman–Crippen LogP) is 7.84. The van der Waals surface area contributed by atoms with Crippen molar-refractivity contribution in [3.63, 3.8) is 0 Å². The normalized spacial score (nSPS) is 11.1. The summed E-state index contributed by atoms with van der Waals surface area (Å²) in [7, 11) is 0. The zero-order valence-corrected chi connectivity index (χ0v) is 18.4. The van der Waals surface area contributed by atoms with Gasteiger partial charge in [0.2, 0.25) is 0 Å². The molecule has 0 unspecified atom stereocenters. The van der Waals surface area contributed by atoms with Gasteiger partial charge in [-0.2, -0.15) is 5.10 Å². The fourth-order valence-electron chi connectivity index (χ4n) is 3.41. The van der Waals surface area contributed by atoms with Crippen molar-refractivity contribution in [1.29, 1.82) is 0 Å². The van der Waals surface area contributed by atoms with Crippen molar-refractivity contribution in [3.05, 3.63) is 98.5 Å². The standard InChI is InChI=1S/C24H19Cl3N2/c1-15-5-3-7-17(11-15)23-22(27)24(18-8-4-6-16(2)12-18)29(28-23)14-19-9-10-20(25)13-21(19)26/h3-13H,14H2,1-2H3. The van der Waals surface area contributed by atoms with E-state index in [9.17, 15) is 0 Å². The molecule has 0 saturated carbocycles. The molecule has 4 rings (SSSR count). The summed E-state index contributed by atoms with van der Waals surface area (Å²) in [6, 6.07) is 22.0. The van der Waals surface area contributed by atoms with Gasteiger partial charge in [-0.3, -0.25) is 4.68 Å². The molecule has 0 atom stereocenters. The number of rotatable bonds is 4. The number of nitrogens with zero attached hydrogens (tertiary/aromatic N) is 2. The Bertz CT molecular complexity index is 1190. The van der Waals surface area contributed by atoms with Gasteiger partial charge in [0.15, 0.2) is 0 Å². The molecule has 2 nitrogen and oxygen atoms in total. The molecule has 0 N–H and O–H groups in total. The Labute approximate surface area is 185 Å². The largest absolute Gasteiger partial charge is 0.258 e. The van der Waals surface area contributed by atoms with Crippen LogP contribution in [-0.2, 0) is 6.54 Å². The van der Waals surface area contributed by atoms with Gasteiger partial charge >= 0.3 is 0 Å². The minimum Gasteiger partial charge on any atom is -0.258 e. The van der Waals surface area contributed by atoms with Gasteiger partial charge in [-0.15, -0.1) is 0 Å². The van der Waals surface area contributed by atoms with E-state index in [0.29, 0.717) is 21.6 Å². The third kappa shape index (κ3) is 4.20. The first-order chi connectivity index (χ1) is 13.9. The van der Waals surface area contributed by atoms with E-state index >= 15 is 0 Å². The van der Waals surface area contributed by atoms with Crippen LogP contribution in [0.5, 0.6) is 0 Å². The van der Waals surface area contributed by atoms with Gasteiger partial charge < -0.3 is 0 Å². The molecule has 3 aromatic carbocycles. The molecule has 0 aliphatic rings. The molecule has 0 aliphatic carbocycles. The fraction of sp³-hybridized carbons (Fsp3) is 0.125. The van der Waals surface area contributed by atoms with Crippen LogP contribution in [0.1, 0.15) is 16.7 Å². The van der Waals surface area contributed by atoms with Crippen molar-refractivity contribution >= 4 is 34.8 Å². The number of benzene rings is 3. The van der Waals surface area contributed by atoms with Crippen molar-refractivity contribution in [2.75, 3.05) is 0 Å². The lowest BCUT2D eigenvalue weighted by Gasteiger charge is -2.10. The van der Waals surface area contributed by atoms with Gasteiger partial charge in [-0.05, 0) is 43.7 Å². The Morgan fingerprint density at radius 1 is 0.793 bits per heavy atom. The summed E-state index contributed by atoms with van der Waals surface area (Å²) in [5.41, 5.74) is 6.89. The van der Waals surface area contributed by atoms with E-state index in [1.165, 1.54) is 0 Å². The van der Waals surface area contributed by atoms with Gasteiger partial charge in [-0.1, -0.05) is 88.4 Å². The molecule has 0 aliphatic heterocycles. The lowest BCUT2D eigenvalue weighted by atomic mass is 10.1. The smallest absolute Gasteiger partial charge is 0.112 e. The van der Waals surface area contributed by atoms with Crippen molar-refractivity contribution < 1.29 is 0 Å². The van der Waals surface area contributed by atoms with Gasteiger partial charge in [0.1, 0.15) is 5.69 Å². The second kappa shape index (κ2) is 8.23. The van der Waals surface area contributed by atoms with Gasteiger partial charge in [0.25, 0.3) is 0 Å². The molecule has 0 saturated heterocycles. The molecule has 0 spiro atoms. The lowest BCUT2D eigenvalue weighted by molar-refractivity contribution is 0.697.